The molecule has 0 unspecified atom stereocenters. The van der Waals surface area contributed by atoms with Crippen molar-refractivity contribution in [3.63, 3.8) is 0 Å². The summed E-state index contributed by atoms with van der Waals surface area (Å²) in [5.74, 6) is 0.614. The fourth-order valence-electron chi connectivity index (χ4n) is 2.72. The summed E-state index contributed by atoms with van der Waals surface area (Å²) in [6.45, 7) is 6.89. The van der Waals surface area contributed by atoms with Gasteiger partial charge in [-0.05, 0) is 36.6 Å². The number of carbonyl (C=O) groups excluding carboxylic acids is 1. The van der Waals surface area contributed by atoms with Crippen molar-refractivity contribution in [1.29, 1.82) is 0 Å². The van der Waals surface area contributed by atoms with Crippen molar-refractivity contribution in [2.45, 2.75) is 27.2 Å². The van der Waals surface area contributed by atoms with E-state index in [1.54, 1.807) is 12.3 Å². The summed E-state index contributed by atoms with van der Waals surface area (Å²) in [4.78, 5) is 23.1. The highest BCUT2D eigenvalue weighted by Gasteiger charge is 2.09. The highest BCUT2D eigenvalue weighted by molar-refractivity contribution is 5.95. The van der Waals surface area contributed by atoms with E-state index in [1.165, 1.54) is 6.08 Å². The molecule has 3 rings (SSSR count). The van der Waals surface area contributed by atoms with Crippen molar-refractivity contribution >= 4 is 23.0 Å². The van der Waals surface area contributed by atoms with Crippen molar-refractivity contribution < 1.29 is 9.53 Å². The number of aromatic amines is 1. The molecule has 0 aromatic carbocycles. The van der Waals surface area contributed by atoms with E-state index >= 15 is 0 Å². The van der Waals surface area contributed by atoms with Gasteiger partial charge in [0.05, 0.1) is 6.61 Å². The number of nitrogens with one attached hydrogen (secondary N) is 1. The molecule has 0 fully saturated rings. The normalized spacial score (nSPS) is 12.6. The Labute approximate surface area is 158 Å². The lowest BCUT2D eigenvalue weighted by atomic mass is 10.1. The van der Waals surface area contributed by atoms with Crippen molar-refractivity contribution in [3.8, 4) is 17.0 Å². The largest absolute Gasteiger partial charge is 0.477 e. The number of aryl methyl sites for hydroxylation is 1. The first-order valence-electron chi connectivity index (χ1n) is 9.02. The van der Waals surface area contributed by atoms with Gasteiger partial charge in [-0.3, -0.25) is 4.79 Å². The monoisotopic (exact) mass is 364 g/mol. The minimum Gasteiger partial charge on any atom is -0.477 e. The van der Waals surface area contributed by atoms with Crippen molar-refractivity contribution in [1.82, 2.24) is 15.0 Å². The van der Waals surface area contributed by atoms with Crippen LogP contribution in [0.5, 0.6) is 5.88 Å². The summed E-state index contributed by atoms with van der Waals surface area (Å²) in [6.07, 6.45) is 7.71. The summed E-state index contributed by atoms with van der Waals surface area (Å²) >= 11 is 0. The third-order valence-electron chi connectivity index (χ3n) is 4.47. The van der Waals surface area contributed by atoms with Crippen LogP contribution in [0.3, 0.4) is 0 Å². The van der Waals surface area contributed by atoms with Gasteiger partial charge in [0.2, 0.25) is 11.8 Å². The predicted octanol–water partition coefficient (Wildman–Crippen LogP) is 3.86. The number of aromatic nitrogens is 3. The lowest BCUT2D eigenvalue weighted by Gasteiger charge is -2.12. The Kier molecular flexibility index (Phi) is 5.54. The molecule has 140 valence electrons. The van der Waals surface area contributed by atoms with Crippen LogP contribution in [0.2, 0.25) is 0 Å². The Balaban J connectivity index is 1.95. The number of ether oxygens (including phenoxy) is 1. The second-order valence-electron chi connectivity index (χ2n) is 6.76. The zero-order valence-electron chi connectivity index (χ0n) is 15.8. The first kappa shape index (κ1) is 18.6. The van der Waals surface area contributed by atoms with Gasteiger partial charge in [0.1, 0.15) is 5.65 Å². The van der Waals surface area contributed by atoms with E-state index in [2.05, 4.69) is 28.8 Å². The van der Waals surface area contributed by atoms with Crippen molar-refractivity contribution in [2.75, 3.05) is 6.61 Å². The second-order valence-corrected chi connectivity index (χ2v) is 6.76. The van der Waals surface area contributed by atoms with E-state index < -0.39 is 5.91 Å². The summed E-state index contributed by atoms with van der Waals surface area (Å²) in [7, 11) is 0. The molecule has 0 aliphatic carbocycles. The van der Waals surface area contributed by atoms with Gasteiger partial charge in [-0.1, -0.05) is 20.3 Å². The van der Waals surface area contributed by atoms with E-state index in [-0.39, 0.29) is 0 Å². The maximum atomic E-state index is 11.0. The number of hydrogen-bond acceptors (Lipinski definition) is 4. The Bertz CT molecular complexity index is 991. The first-order chi connectivity index (χ1) is 13.0. The molecule has 3 aromatic rings. The fourth-order valence-corrected chi connectivity index (χ4v) is 2.72. The second kappa shape index (κ2) is 8.03. The Morgan fingerprint density at radius 2 is 2.15 bits per heavy atom. The molecule has 1 amide bonds. The Morgan fingerprint density at radius 3 is 2.89 bits per heavy atom. The maximum Gasteiger partial charge on any atom is 0.241 e. The number of primary amides is 1. The molecule has 1 atom stereocenters. The minimum atomic E-state index is -0.485. The van der Waals surface area contributed by atoms with E-state index in [1.807, 2.05) is 31.3 Å². The molecule has 3 heterocycles. The Morgan fingerprint density at radius 1 is 1.33 bits per heavy atom. The van der Waals surface area contributed by atoms with Gasteiger partial charge in [-0.15, -0.1) is 0 Å². The van der Waals surface area contributed by atoms with Gasteiger partial charge in [-0.2, -0.15) is 0 Å². The topological polar surface area (TPSA) is 93.9 Å². The summed E-state index contributed by atoms with van der Waals surface area (Å²) < 4.78 is 5.86. The number of pyridine rings is 2. The molecule has 0 saturated heterocycles. The number of nitrogens with zero attached hydrogens (tertiary/aromatic N) is 2. The Hall–Kier alpha value is -3.15. The number of amides is 1. The molecule has 0 radical (unpaired) electrons. The van der Waals surface area contributed by atoms with Crippen LogP contribution < -0.4 is 10.5 Å². The molecular formula is C21H24N4O2. The van der Waals surface area contributed by atoms with E-state index in [4.69, 9.17) is 10.5 Å². The fraction of sp³-hybridized carbons (Fsp3) is 0.286. The van der Waals surface area contributed by atoms with Crippen molar-refractivity contribution in [2.24, 2.45) is 11.7 Å². The molecule has 6 nitrogen and oxygen atoms in total. The molecule has 3 N–H and O–H groups in total. The van der Waals surface area contributed by atoms with Gasteiger partial charge in [0.25, 0.3) is 0 Å². The van der Waals surface area contributed by atoms with Crippen LogP contribution in [-0.4, -0.2) is 27.5 Å². The molecule has 27 heavy (non-hydrogen) atoms. The number of nitrogens with two attached hydrogens (primary N) is 1. The van der Waals surface area contributed by atoms with Crippen LogP contribution in [0.25, 0.3) is 28.2 Å². The zero-order chi connectivity index (χ0) is 19.4. The smallest absolute Gasteiger partial charge is 0.241 e. The molecule has 0 aliphatic rings. The van der Waals surface area contributed by atoms with Gasteiger partial charge in [-0.25, -0.2) is 9.97 Å². The number of fused-ring (bicyclic) bond motifs is 1. The van der Waals surface area contributed by atoms with Crippen LogP contribution in [-0.2, 0) is 4.79 Å². The summed E-state index contributed by atoms with van der Waals surface area (Å²) in [5, 5.41) is 0.918. The van der Waals surface area contributed by atoms with Crippen LogP contribution in [0, 0.1) is 12.8 Å². The first-order valence-corrected chi connectivity index (χ1v) is 9.02. The van der Waals surface area contributed by atoms with Crippen LogP contribution in [0.15, 0.2) is 36.7 Å². The molecule has 6 heteroatoms. The highest BCUT2D eigenvalue weighted by Crippen LogP contribution is 2.28. The van der Waals surface area contributed by atoms with E-state index in [9.17, 15) is 4.79 Å². The minimum absolute atomic E-state index is 0.480. The van der Waals surface area contributed by atoms with Crippen molar-refractivity contribution in [3.05, 3.63) is 47.9 Å². The molecule has 3 aromatic heterocycles. The van der Waals surface area contributed by atoms with E-state index in [0.29, 0.717) is 18.4 Å². The average molecular weight is 364 g/mol. The van der Waals surface area contributed by atoms with Gasteiger partial charge in [0.15, 0.2) is 0 Å². The average Bonchev–Trinajstić information content (AvgIpc) is 3.06. The number of hydrogen-bond donors (Lipinski definition) is 2. The predicted molar refractivity (Wildman–Crippen MR) is 107 cm³/mol. The summed E-state index contributed by atoms with van der Waals surface area (Å²) in [6, 6.07) is 5.97. The van der Waals surface area contributed by atoms with Gasteiger partial charge < -0.3 is 15.5 Å². The third-order valence-corrected chi connectivity index (χ3v) is 4.47. The lowest BCUT2D eigenvalue weighted by molar-refractivity contribution is -0.113. The molecule has 0 bridgehead atoms. The highest BCUT2D eigenvalue weighted by atomic mass is 16.5. The maximum absolute atomic E-state index is 11.0. The molecule has 0 saturated carbocycles. The van der Waals surface area contributed by atoms with Gasteiger partial charge >= 0.3 is 0 Å². The van der Waals surface area contributed by atoms with Gasteiger partial charge in [0, 0.05) is 46.7 Å². The van der Waals surface area contributed by atoms with Crippen LogP contribution >= 0.6 is 0 Å². The lowest BCUT2D eigenvalue weighted by Crippen LogP contribution is -2.08. The molecule has 0 aliphatic heterocycles. The molecular weight excluding hydrogens is 340 g/mol. The third kappa shape index (κ3) is 4.53. The number of carbonyl (C=O) groups is 1. The standard InChI is InChI=1S/C21H24N4O2/c1-4-13(2)12-27-20-9-16(7-14(3)25-20)17-8-18-15(5-6-19(22)26)10-23-21(18)24-11-17/h5-11,13H,4,12H2,1-3H3,(H2,22,26)(H,23,24)/b6-5+/t13-/m1/s1. The quantitative estimate of drug-likeness (QED) is 0.623. The number of rotatable bonds is 7. The van der Waals surface area contributed by atoms with E-state index in [0.717, 1.165) is 39.8 Å². The number of H-pyrrole nitrogens is 1. The van der Waals surface area contributed by atoms with Crippen LogP contribution in [0.1, 0.15) is 31.5 Å². The zero-order valence-corrected chi connectivity index (χ0v) is 15.8. The summed E-state index contributed by atoms with van der Waals surface area (Å²) in [5.41, 5.74) is 9.63. The van der Waals surface area contributed by atoms with Crippen LogP contribution in [0.4, 0.5) is 0 Å². The molecule has 0 spiro atoms. The SMILES string of the molecule is CC[C@@H](C)COc1cc(-c2cnc3[nH]cc(/C=C/C(N)=O)c3c2)cc(C)n1.